The first-order chi connectivity index (χ1) is 12.5. The number of fused-ring (bicyclic) bond motifs is 5. The summed E-state index contributed by atoms with van der Waals surface area (Å²) in [7, 11) is 0. The van der Waals surface area contributed by atoms with Gasteiger partial charge in [0.1, 0.15) is 0 Å². The lowest BCUT2D eigenvalue weighted by Crippen LogP contribution is -2.48. The Bertz CT molecular complexity index is 800. The molecule has 0 aromatic carbocycles. The number of halogens is 1. The molecule has 2 nitrogen and oxygen atoms in total. The number of carbonyl (C=O) groups excluding carboxylic acids is 1. The van der Waals surface area contributed by atoms with Gasteiger partial charge in [0.25, 0.3) is 0 Å². The van der Waals surface area contributed by atoms with E-state index >= 15 is 0 Å². The molecule has 1 unspecified atom stereocenters. The number of ketones is 1. The molecule has 2 fully saturated rings. The molecule has 0 spiro atoms. The van der Waals surface area contributed by atoms with Crippen LogP contribution in [0.1, 0.15) is 63.9 Å². The van der Waals surface area contributed by atoms with Gasteiger partial charge in [-0.1, -0.05) is 32.1 Å². The van der Waals surface area contributed by atoms with Gasteiger partial charge >= 0.3 is 0 Å². The summed E-state index contributed by atoms with van der Waals surface area (Å²) in [5.74, 6) is 3.11. The maximum atomic E-state index is 11.9. The van der Waals surface area contributed by atoms with Gasteiger partial charge in [-0.25, -0.2) is 0 Å². The first-order valence-corrected chi connectivity index (χ1v) is 10.4. The molecule has 144 valence electrons. The fraction of sp³-hybridized carbons (Fsp3) is 0.583. The SMILES string of the molecule is Br.C[C@]12CCC(=O)C=C1C=C[C@@H]1[C@@H]2CC[C@]2(C)C(c3cccnc3)CC[C@@H]12. The summed E-state index contributed by atoms with van der Waals surface area (Å²) < 4.78 is 0. The molecule has 2 saturated carbocycles. The van der Waals surface area contributed by atoms with Crippen LogP contribution in [0.4, 0.5) is 0 Å². The summed E-state index contributed by atoms with van der Waals surface area (Å²) >= 11 is 0. The molecule has 3 heteroatoms. The third-order valence-corrected chi connectivity index (χ3v) is 8.60. The van der Waals surface area contributed by atoms with E-state index in [9.17, 15) is 4.79 Å². The summed E-state index contributed by atoms with van der Waals surface area (Å²) in [6.45, 7) is 4.98. The van der Waals surface area contributed by atoms with Crippen LogP contribution in [0.25, 0.3) is 0 Å². The van der Waals surface area contributed by atoms with Crippen molar-refractivity contribution in [1.82, 2.24) is 4.98 Å². The Morgan fingerprint density at radius 1 is 1.11 bits per heavy atom. The predicted molar refractivity (Wildman–Crippen MR) is 114 cm³/mol. The van der Waals surface area contributed by atoms with Gasteiger partial charge in [0, 0.05) is 18.8 Å². The third kappa shape index (κ3) is 2.72. The molecule has 27 heavy (non-hydrogen) atoms. The number of hydrogen-bond donors (Lipinski definition) is 0. The molecule has 0 radical (unpaired) electrons. The standard InChI is InChI=1S/C24H29NO.BrH/c1-23-11-9-18(26)14-17(23)5-6-19-21-8-7-20(16-4-3-13-25-15-16)24(21,2)12-10-22(19)23;/h3-6,13-15,19-22H,7-12H2,1-2H3;1H/t19-,20?,21-,22-,23-,24+;/m0./s1. The largest absolute Gasteiger partial charge is 0.295 e. The highest BCUT2D eigenvalue weighted by molar-refractivity contribution is 8.93. The number of rotatable bonds is 1. The normalized spacial score (nSPS) is 42.4. The van der Waals surface area contributed by atoms with E-state index < -0.39 is 0 Å². The van der Waals surface area contributed by atoms with Crippen LogP contribution in [0.3, 0.4) is 0 Å². The van der Waals surface area contributed by atoms with Crippen molar-refractivity contribution in [3.63, 3.8) is 0 Å². The van der Waals surface area contributed by atoms with Gasteiger partial charge in [0.2, 0.25) is 0 Å². The van der Waals surface area contributed by atoms with E-state index in [1.165, 1.54) is 36.8 Å². The molecule has 4 aliphatic rings. The molecule has 0 bridgehead atoms. The van der Waals surface area contributed by atoms with Crippen molar-refractivity contribution >= 4 is 22.8 Å². The number of pyridine rings is 1. The Morgan fingerprint density at radius 2 is 1.96 bits per heavy atom. The summed E-state index contributed by atoms with van der Waals surface area (Å²) in [6, 6.07) is 4.37. The zero-order valence-electron chi connectivity index (χ0n) is 16.4. The predicted octanol–water partition coefficient (Wildman–Crippen LogP) is 6.05. The number of allylic oxidation sites excluding steroid dienone is 4. The van der Waals surface area contributed by atoms with Crippen molar-refractivity contribution in [3.8, 4) is 0 Å². The fourth-order valence-corrected chi connectivity index (χ4v) is 7.13. The van der Waals surface area contributed by atoms with E-state index in [2.05, 4.69) is 49.3 Å². The minimum Gasteiger partial charge on any atom is -0.295 e. The van der Waals surface area contributed by atoms with Crippen LogP contribution < -0.4 is 0 Å². The van der Waals surface area contributed by atoms with Crippen molar-refractivity contribution in [2.45, 2.75) is 58.3 Å². The van der Waals surface area contributed by atoms with Crippen LogP contribution in [-0.2, 0) is 4.79 Å². The summed E-state index contributed by atoms with van der Waals surface area (Å²) in [6.07, 6.45) is 17.7. The molecule has 0 aliphatic heterocycles. The Balaban J connectivity index is 0.00000180. The maximum absolute atomic E-state index is 11.9. The maximum Gasteiger partial charge on any atom is 0.156 e. The fourth-order valence-electron chi connectivity index (χ4n) is 7.13. The van der Waals surface area contributed by atoms with Crippen molar-refractivity contribution in [2.24, 2.45) is 28.6 Å². The smallest absolute Gasteiger partial charge is 0.156 e. The van der Waals surface area contributed by atoms with Gasteiger partial charge in [0.05, 0.1) is 0 Å². The number of aromatic nitrogens is 1. The van der Waals surface area contributed by atoms with E-state index in [1.54, 1.807) is 0 Å². The lowest BCUT2D eigenvalue weighted by Gasteiger charge is -2.56. The van der Waals surface area contributed by atoms with Crippen LogP contribution in [0.5, 0.6) is 0 Å². The van der Waals surface area contributed by atoms with Gasteiger partial charge < -0.3 is 0 Å². The average Bonchev–Trinajstić information content (AvgIpc) is 3.00. The van der Waals surface area contributed by atoms with Gasteiger partial charge in [-0.3, -0.25) is 9.78 Å². The van der Waals surface area contributed by atoms with E-state index in [1.807, 2.05) is 12.3 Å². The lowest BCUT2D eigenvalue weighted by molar-refractivity contribution is -0.116. The minimum absolute atomic E-state index is 0. The molecular weight excluding hydrogens is 398 g/mol. The Morgan fingerprint density at radius 3 is 2.74 bits per heavy atom. The van der Waals surface area contributed by atoms with E-state index in [0.717, 1.165) is 18.8 Å². The molecule has 6 atom stereocenters. The zero-order valence-corrected chi connectivity index (χ0v) is 18.1. The van der Waals surface area contributed by atoms with Gasteiger partial charge in [0.15, 0.2) is 5.78 Å². The molecule has 4 aliphatic carbocycles. The van der Waals surface area contributed by atoms with Gasteiger partial charge in [-0.15, -0.1) is 17.0 Å². The highest BCUT2D eigenvalue weighted by atomic mass is 79.9. The van der Waals surface area contributed by atoms with E-state index in [-0.39, 0.29) is 22.4 Å². The minimum atomic E-state index is 0. The van der Waals surface area contributed by atoms with Crippen LogP contribution in [-0.4, -0.2) is 10.8 Å². The van der Waals surface area contributed by atoms with Crippen molar-refractivity contribution in [2.75, 3.05) is 0 Å². The zero-order chi connectivity index (χ0) is 17.9. The second kappa shape index (κ2) is 6.69. The molecule has 1 aromatic heterocycles. The number of nitrogens with zero attached hydrogens (tertiary/aromatic N) is 1. The van der Waals surface area contributed by atoms with E-state index in [0.29, 0.717) is 29.0 Å². The second-order valence-corrected chi connectivity index (χ2v) is 9.59. The van der Waals surface area contributed by atoms with Crippen molar-refractivity contribution in [3.05, 3.63) is 53.9 Å². The van der Waals surface area contributed by atoms with Crippen LogP contribution in [0.15, 0.2) is 48.3 Å². The number of carbonyl (C=O) groups is 1. The molecule has 1 heterocycles. The third-order valence-electron chi connectivity index (χ3n) is 8.60. The summed E-state index contributed by atoms with van der Waals surface area (Å²) in [4.78, 5) is 16.3. The highest BCUT2D eigenvalue weighted by Crippen LogP contribution is 2.66. The molecule has 0 N–H and O–H groups in total. The number of hydrogen-bond acceptors (Lipinski definition) is 2. The van der Waals surface area contributed by atoms with Gasteiger partial charge in [-0.2, -0.15) is 0 Å². The Hall–Kier alpha value is -1.22. The Kier molecular flexibility index (Phi) is 4.73. The first kappa shape index (κ1) is 19.1. The highest BCUT2D eigenvalue weighted by Gasteiger charge is 2.58. The molecule has 0 amide bonds. The molecule has 1 aromatic rings. The van der Waals surface area contributed by atoms with Crippen LogP contribution >= 0.6 is 17.0 Å². The van der Waals surface area contributed by atoms with Crippen LogP contribution in [0.2, 0.25) is 0 Å². The summed E-state index contributed by atoms with van der Waals surface area (Å²) in [5, 5.41) is 0. The first-order valence-electron chi connectivity index (χ1n) is 10.4. The monoisotopic (exact) mass is 427 g/mol. The second-order valence-electron chi connectivity index (χ2n) is 9.59. The molecule has 5 rings (SSSR count). The molecule has 0 saturated heterocycles. The van der Waals surface area contributed by atoms with Gasteiger partial charge in [-0.05, 0) is 89.9 Å². The lowest BCUT2D eigenvalue weighted by atomic mass is 9.48. The van der Waals surface area contributed by atoms with Crippen molar-refractivity contribution < 1.29 is 4.79 Å². The quantitative estimate of drug-likeness (QED) is 0.545. The van der Waals surface area contributed by atoms with Crippen LogP contribution in [0, 0.1) is 28.6 Å². The van der Waals surface area contributed by atoms with E-state index in [4.69, 9.17) is 0 Å². The topological polar surface area (TPSA) is 30.0 Å². The average molecular weight is 428 g/mol. The van der Waals surface area contributed by atoms with Crippen molar-refractivity contribution in [1.29, 1.82) is 0 Å². The molecular formula is C24H30BrNO. The summed E-state index contributed by atoms with van der Waals surface area (Å²) in [5.41, 5.74) is 3.34. The Labute approximate surface area is 173 Å².